The van der Waals surface area contributed by atoms with E-state index in [4.69, 9.17) is 0 Å². The lowest BCUT2D eigenvalue weighted by atomic mass is 10.1. The van der Waals surface area contributed by atoms with Crippen LogP contribution in [0, 0.1) is 5.92 Å². The van der Waals surface area contributed by atoms with Crippen LogP contribution in [0.4, 0.5) is 0 Å². The lowest BCUT2D eigenvalue weighted by Crippen LogP contribution is -2.36. The van der Waals surface area contributed by atoms with Gasteiger partial charge < -0.3 is 5.32 Å². The molecule has 0 bridgehead atoms. The molecule has 0 unspecified atom stereocenters. The number of nitrogens with one attached hydrogen (secondary N) is 1. The van der Waals surface area contributed by atoms with E-state index in [1.807, 2.05) is 0 Å². The Hall–Kier alpha value is 0.110. The van der Waals surface area contributed by atoms with Crippen LogP contribution in [0.2, 0.25) is 0 Å². The van der Waals surface area contributed by atoms with Crippen LogP contribution >= 0.6 is 0 Å². The highest BCUT2D eigenvalue weighted by atomic mass is 32.2. The van der Waals surface area contributed by atoms with Gasteiger partial charge in [-0.05, 0) is 38.1 Å². The standard InChI is InChI=1S/C11H23NOS/c1-10(2)4-3-7-12-11-5-8-14(13)9-6-11/h10-12H,3-9H2,1-2H3. The summed E-state index contributed by atoms with van der Waals surface area (Å²) in [7, 11) is -0.516. The zero-order valence-electron chi connectivity index (χ0n) is 9.42. The van der Waals surface area contributed by atoms with Crippen LogP contribution in [0.25, 0.3) is 0 Å². The maximum Gasteiger partial charge on any atom is 0.0249 e. The predicted octanol–water partition coefficient (Wildman–Crippen LogP) is 1.92. The zero-order chi connectivity index (χ0) is 10.4. The van der Waals surface area contributed by atoms with E-state index in [-0.39, 0.29) is 0 Å². The summed E-state index contributed by atoms with van der Waals surface area (Å²) >= 11 is 0. The zero-order valence-corrected chi connectivity index (χ0v) is 10.2. The maximum absolute atomic E-state index is 11.1. The summed E-state index contributed by atoms with van der Waals surface area (Å²) in [5.74, 6) is 2.62. The largest absolute Gasteiger partial charge is 0.314 e. The molecule has 0 aromatic rings. The molecule has 1 N–H and O–H groups in total. The molecule has 0 aliphatic carbocycles. The van der Waals surface area contributed by atoms with Crippen molar-refractivity contribution in [3.63, 3.8) is 0 Å². The molecule has 1 aliphatic heterocycles. The van der Waals surface area contributed by atoms with Crippen molar-refractivity contribution in [2.24, 2.45) is 5.92 Å². The van der Waals surface area contributed by atoms with E-state index < -0.39 is 10.8 Å². The van der Waals surface area contributed by atoms with Crippen molar-refractivity contribution < 1.29 is 4.21 Å². The number of hydrogen-bond acceptors (Lipinski definition) is 2. The topological polar surface area (TPSA) is 29.1 Å². The Morgan fingerprint density at radius 3 is 2.57 bits per heavy atom. The first-order valence-electron chi connectivity index (χ1n) is 5.77. The lowest BCUT2D eigenvalue weighted by molar-refractivity contribution is 0.449. The Morgan fingerprint density at radius 1 is 1.36 bits per heavy atom. The van der Waals surface area contributed by atoms with Crippen LogP contribution < -0.4 is 5.32 Å². The molecule has 0 aromatic carbocycles. The van der Waals surface area contributed by atoms with E-state index in [9.17, 15) is 4.21 Å². The van der Waals surface area contributed by atoms with Crippen LogP contribution in [0.15, 0.2) is 0 Å². The van der Waals surface area contributed by atoms with Crippen LogP contribution in [-0.4, -0.2) is 28.3 Å². The van der Waals surface area contributed by atoms with Gasteiger partial charge in [-0.15, -0.1) is 0 Å². The van der Waals surface area contributed by atoms with E-state index in [0.717, 1.165) is 36.8 Å². The Morgan fingerprint density at radius 2 is 2.00 bits per heavy atom. The van der Waals surface area contributed by atoms with E-state index in [1.54, 1.807) is 0 Å². The molecular formula is C11H23NOS. The average Bonchev–Trinajstić information content (AvgIpc) is 2.15. The molecule has 0 spiro atoms. The van der Waals surface area contributed by atoms with E-state index in [1.165, 1.54) is 12.8 Å². The van der Waals surface area contributed by atoms with Gasteiger partial charge in [-0.1, -0.05) is 13.8 Å². The Kier molecular flexibility index (Phi) is 5.71. The molecule has 84 valence electrons. The molecule has 1 heterocycles. The summed E-state index contributed by atoms with van der Waals surface area (Å²) in [6, 6.07) is 0.639. The summed E-state index contributed by atoms with van der Waals surface area (Å²) < 4.78 is 11.1. The first kappa shape index (κ1) is 12.2. The molecule has 1 saturated heterocycles. The van der Waals surface area contributed by atoms with Crippen LogP contribution in [-0.2, 0) is 10.8 Å². The molecule has 14 heavy (non-hydrogen) atoms. The molecule has 0 saturated carbocycles. The van der Waals surface area contributed by atoms with Crippen LogP contribution in [0.1, 0.15) is 39.5 Å². The summed E-state index contributed by atoms with van der Waals surface area (Å²) in [6.07, 6.45) is 4.80. The Bertz CT molecular complexity index is 172. The highest BCUT2D eigenvalue weighted by Crippen LogP contribution is 2.09. The Labute approximate surface area is 90.3 Å². The van der Waals surface area contributed by atoms with Crippen molar-refractivity contribution in [1.82, 2.24) is 5.32 Å². The second-order valence-corrected chi connectivity index (χ2v) is 6.31. The van der Waals surface area contributed by atoms with Gasteiger partial charge >= 0.3 is 0 Å². The van der Waals surface area contributed by atoms with Crippen molar-refractivity contribution >= 4 is 10.8 Å². The fourth-order valence-electron chi connectivity index (χ4n) is 1.81. The quantitative estimate of drug-likeness (QED) is 0.713. The highest BCUT2D eigenvalue weighted by Gasteiger charge is 2.16. The smallest absolute Gasteiger partial charge is 0.0249 e. The fourth-order valence-corrected chi connectivity index (χ4v) is 3.11. The summed E-state index contributed by atoms with van der Waals surface area (Å²) in [5, 5.41) is 3.56. The normalized spacial score (nSPS) is 28.2. The van der Waals surface area contributed by atoms with Crippen molar-refractivity contribution in [3.8, 4) is 0 Å². The predicted molar refractivity (Wildman–Crippen MR) is 63.0 cm³/mol. The minimum atomic E-state index is -0.516. The van der Waals surface area contributed by atoms with Gasteiger partial charge in [0.25, 0.3) is 0 Å². The second kappa shape index (κ2) is 6.57. The summed E-state index contributed by atoms with van der Waals surface area (Å²) in [5.41, 5.74) is 0. The van der Waals surface area contributed by atoms with Gasteiger partial charge in [0.1, 0.15) is 0 Å². The average molecular weight is 217 g/mol. The van der Waals surface area contributed by atoms with Crippen molar-refractivity contribution in [2.45, 2.75) is 45.6 Å². The monoisotopic (exact) mass is 217 g/mol. The molecule has 0 aromatic heterocycles. The lowest BCUT2D eigenvalue weighted by Gasteiger charge is -2.22. The second-order valence-electron chi connectivity index (χ2n) is 4.61. The van der Waals surface area contributed by atoms with Gasteiger partial charge in [0.15, 0.2) is 0 Å². The van der Waals surface area contributed by atoms with Gasteiger partial charge in [-0.2, -0.15) is 0 Å². The number of rotatable bonds is 5. The van der Waals surface area contributed by atoms with E-state index in [2.05, 4.69) is 19.2 Å². The highest BCUT2D eigenvalue weighted by molar-refractivity contribution is 7.85. The van der Waals surface area contributed by atoms with Gasteiger partial charge in [0.05, 0.1) is 0 Å². The van der Waals surface area contributed by atoms with Gasteiger partial charge in [0.2, 0.25) is 0 Å². The molecule has 1 aliphatic rings. The molecule has 1 fully saturated rings. The van der Waals surface area contributed by atoms with Gasteiger partial charge in [0, 0.05) is 28.3 Å². The third-order valence-electron chi connectivity index (χ3n) is 2.78. The third-order valence-corrected chi connectivity index (χ3v) is 4.16. The van der Waals surface area contributed by atoms with Crippen molar-refractivity contribution in [2.75, 3.05) is 18.1 Å². The first-order valence-corrected chi connectivity index (χ1v) is 7.25. The molecule has 0 amide bonds. The molecule has 1 rings (SSSR count). The van der Waals surface area contributed by atoms with Crippen LogP contribution in [0.5, 0.6) is 0 Å². The molecular weight excluding hydrogens is 194 g/mol. The fraction of sp³-hybridized carbons (Fsp3) is 1.00. The molecule has 0 atom stereocenters. The Balaban J connectivity index is 1.99. The summed E-state index contributed by atoms with van der Waals surface area (Å²) in [4.78, 5) is 0. The third kappa shape index (κ3) is 5.11. The van der Waals surface area contributed by atoms with E-state index >= 15 is 0 Å². The summed E-state index contributed by atoms with van der Waals surface area (Å²) in [6.45, 7) is 5.67. The van der Waals surface area contributed by atoms with E-state index in [0.29, 0.717) is 6.04 Å². The maximum atomic E-state index is 11.1. The number of hydrogen-bond donors (Lipinski definition) is 1. The van der Waals surface area contributed by atoms with Gasteiger partial charge in [-0.25, -0.2) is 0 Å². The van der Waals surface area contributed by atoms with Crippen LogP contribution in [0.3, 0.4) is 0 Å². The minimum Gasteiger partial charge on any atom is -0.314 e. The molecule has 3 heteroatoms. The van der Waals surface area contributed by atoms with Crippen molar-refractivity contribution in [3.05, 3.63) is 0 Å². The molecule has 2 nitrogen and oxygen atoms in total. The minimum absolute atomic E-state index is 0.516. The molecule has 0 radical (unpaired) electrons. The first-order chi connectivity index (χ1) is 6.68. The SMILES string of the molecule is CC(C)CCCNC1CCS(=O)CC1. The van der Waals surface area contributed by atoms with Crippen molar-refractivity contribution in [1.29, 1.82) is 0 Å². The van der Waals surface area contributed by atoms with Gasteiger partial charge in [-0.3, -0.25) is 4.21 Å².